The third-order valence-corrected chi connectivity index (χ3v) is 2.79. The van der Waals surface area contributed by atoms with Crippen molar-refractivity contribution in [1.82, 2.24) is 10.5 Å². The average molecular weight is 276 g/mol. The molecule has 1 aromatic heterocycles. The summed E-state index contributed by atoms with van der Waals surface area (Å²) in [6.45, 7) is 4.67. The zero-order chi connectivity index (χ0) is 14.2. The molecule has 2 aromatic rings. The summed E-state index contributed by atoms with van der Waals surface area (Å²) < 4.78 is 15.7. The summed E-state index contributed by atoms with van der Waals surface area (Å²) in [5, 5.41) is 7.11. The molecule has 0 aliphatic heterocycles. The molecule has 0 amide bonds. The molecule has 0 unspecified atom stereocenters. The number of rotatable bonds is 8. The summed E-state index contributed by atoms with van der Waals surface area (Å²) in [6, 6.07) is 9.86. The van der Waals surface area contributed by atoms with Crippen LogP contribution >= 0.6 is 0 Å². The molecule has 0 saturated carbocycles. The molecule has 0 bridgehead atoms. The van der Waals surface area contributed by atoms with Gasteiger partial charge in [-0.15, -0.1) is 0 Å². The first-order valence-corrected chi connectivity index (χ1v) is 6.61. The minimum Gasteiger partial charge on any atom is -0.486 e. The van der Waals surface area contributed by atoms with Crippen LogP contribution < -0.4 is 10.1 Å². The van der Waals surface area contributed by atoms with E-state index in [0.717, 1.165) is 36.9 Å². The van der Waals surface area contributed by atoms with Gasteiger partial charge in [0.2, 0.25) is 0 Å². The van der Waals surface area contributed by atoms with Crippen LogP contribution in [-0.2, 0) is 17.9 Å². The van der Waals surface area contributed by atoms with Crippen LogP contribution in [0.4, 0.5) is 0 Å². The van der Waals surface area contributed by atoms with Crippen LogP contribution in [0.3, 0.4) is 0 Å². The van der Waals surface area contributed by atoms with Crippen LogP contribution in [-0.4, -0.2) is 25.4 Å². The number of nitrogens with zero attached hydrogens (tertiary/aromatic N) is 1. The molecule has 5 heteroatoms. The fourth-order valence-corrected chi connectivity index (χ4v) is 1.75. The maximum absolute atomic E-state index is 5.63. The van der Waals surface area contributed by atoms with Crippen molar-refractivity contribution in [1.29, 1.82) is 0 Å². The van der Waals surface area contributed by atoms with Gasteiger partial charge in [0.25, 0.3) is 0 Å². The lowest BCUT2D eigenvalue weighted by molar-refractivity contribution is 0.199. The molecule has 0 atom stereocenters. The fraction of sp³-hybridized carbons (Fsp3) is 0.400. The highest BCUT2D eigenvalue weighted by Crippen LogP contribution is 2.14. The number of hydrogen-bond acceptors (Lipinski definition) is 5. The second kappa shape index (κ2) is 7.67. The zero-order valence-corrected chi connectivity index (χ0v) is 11.9. The third kappa shape index (κ3) is 4.68. The maximum atomic E-state index is 5.63. The SMILES string of the molecule is COCCNCc1ccc(OCc2cc(C)no2)cc1. The van der Waals surface area contributed by atoms with E-state index in [4.69, 9.17) is 14.0 Å². The standard InChI is InChI=1S/C15H20N2O3/c1-12-9-15(20-17-12)11-19-14-5-3-13(4-6-14)10-16-7-8-18-2/h3-6,9,16H,7-8,10-11H2,1-2H3. The van der Waals surface area contributed by atoms with E-state index in [9.17, 15) is 0 Å². The topological polar surface area (TPSA) is 56.5 Å². The highest BCUT2D eigenvalue weighted by molar-refractivity contribution is 5.27. The van der Waals surface area contributed by atoms with Gasteiger partial charge in [-0.2, -0.15) is 0 Å². The third-order valence-electron chi connectivity index (χ3n) is 2.79. The Morgan fingerprint density at radius 2 is 2.05 bits per heavy atom. The molecule has 0 radical (unpaired) electrons. The monoisotopic (exact) mass is 276 g/mol. The van der Waals surface area contributed by atoms with E-state index in [1.165, 1.54) is 5.56 Å². The first kappa shape index (κ1) is 14.6. The first-order chi connectivity index (χ1) is 9.78. The van der Waals surface area contributed by atoms with E-state index in [2.05, 4.69) is 10.5 Å². The molecule has 0 saturated heterocycles. The lowest BCUT2D eigenvalue weighted by Gasteiger charge is -2.06. The van der Waals surface area contributed by atoms with Crippen LogP contribution in [0.5, 0.6) is 5.75 Å². The Morgan fingerprint density at radius 1 is 1.25 bits per heavy atom. The van der Waals surface area contributed by atoms with Crippen molar-refractivity contribution in [2.45, 2.75) is 20.1 Å². The minimum atomic E-state index is 0.395. The summed E-state index contributed by atoms with van der Waals surface area (Å²) in [6.07, 6.45) is 0. The molecule has 0 aliphatic carbocycles. The van der Waals surface area contributed by atoms with Gasteiger partial charge < -0.3 is 19.3 Å². The average Bonchev–Trinajstić information content (AvgIpc) is 2.88. The Balaban J connectivity index is 1.76. The summed E-state index contributed by atoms with van der Waals surface area (Å²) in [5.74, 6) is 1.55. The van der Waals surface area contributed by atoms with Crippen molar-refractivity contribution < 1.29 is 14.0 Å². The highest BCUT2D eigenvalue weighted by atomic mass is 16.5. The lowest BCUT2D eigenvalue weighted by atomic mass is 10.2. The maximum Gasteiger partial charge on any atom is 0.174 e. The predicted molar refractivity (Wildman–Crippen MR) is 75.6 cm³/mol. The molecule has 1 N–H and O–H groups in total. The molecule has 2 rings (SSSR count). The van der Waals surface area contributed by atoms with Gasteiger partial charge >= 0.3 is 0 Å². The summed E-state index contributed by atoms with van der Waals surface area (Å²) >= 11 is 0. The van der Waals surface area contributed by atoms with Gasteiger partial charge in [-0.1, -0.05) is 17.3 Å². The number of aryl methyl sites for hydroxylation is 1. The normalized spacial score (nSPS) is 10.7. The molecule has 1 aromatic carbocycles. The van der Waals surface area contributed by atoms with Crippen LogP contribution in [0, 0.1) is 6.92 Å². The van der Waals surface area contributed by atoms with Gasteiger partial charge in [-0.05, 0) is 24.6 Å². The van der Waals surface area contributed by atoms with Crippen molar-refractivity contribution >= 4 is 0 Å². The van der Waals surface area contributed by atoms with Crippen LogP contribution in [0.15, 0.2) is 34.9 Å². The lowest BCUT2D eigenvalue weighted by Crippen LogP contribution is -2.18. The molecule has 0 spiro atoms. The van der Waals surface area contributed by atoms with Crippen LogP contribution in [0.2, 0.25) is 0 Å². The number of benzene rings is 1. The van der Waals surface area contributed by atoms with Crippen molar-refractivity contribution in [3.63, 3.8) is 0 Å². The Kier molecular flexibility index (Phi) is 5.58. The second-order valence-electron chi connectivity index (χ2n) is 4.54. The van der Waals surface area contributed by atoms with E-state index in [1.807, 2.05) is 37.3 Å². The Bertz CT molecular complexity index is 508. The minimum absolute atomic E-state index is 0.395. The van der Waals surface area contributed by atoms with E-state index in [1.54, 1.807) is 7.11 Å². The molecular formula is C15H20N2O3. The van der Waals surface area contributed by atoms with Gasteiger partial charge in [0, 0.05) is 26.3 Å². The van der Waals surface area contributed by atoms with E-state index < -0.39 is 0 Å². The number of hydrogen-bond donors (Lipinski definition) is 1. The summed E-state index contributed by atoms with van der Waals surface area (Å²) in [4.78, 5) is 0. The molecule has 108 valence electrons. The van der Waals surface area contributed by atoms with Crippen molar-refractivity contribution in [2.24, 2.45) is 0 Å². The molecule has 5 nitrogen and oxygen atoms in total. The first-order valence-electron chi connectivity index (χ1n) is 6.61. The van der Waals surface area contributed by atoms with E-state index in [0.29, 0.717) is 6.61 Å². The number of ether oxygens (including phenoxy) is 2. The van der Waals surface area contributed by atoms with Crippen molar-refractivity contribution in [2.75, 3.05) is 20.3 Å². The Labute approximate surface area is 118 Å². The molecular weight excluding hydrogens is 256 g/mol. The fourth-order valence-electron chi connectivity index (χ4n) is 1.75. The largest absolute Gasteiger partial charge is 0.486 e. The second-order valence-corrected chi connectivity index (χ2v) is 4.54. The predicted octanol–water partition coefficient (Wildman–Crippen LogP) is 2.30. The highest BCUT2D eigenvalue weighted by Gasteiger charge is 2.02. The van der Waals surface area contributed by atoms with E-state index >= 15 is 0 Å². The molecule has 20 heavy (non-hydrogen) atoms. The van der Waals surface area contributed by atoms with Crippen molar-refractivity contribution in [3.05, 3.63) is 47.3 Å². The summed E-state index contributed by atoms with van der Waals surface area (Å²) in [7, 11) is 1.70. The zero-order valence-electron chi connectivity index (χ0n) is 11.9. The number of methoxy groups -OCH3 is 1. The van der Waals surface area contributed by atoms with Gasteiger partial charge in [0.15, 0.2) is 5.76 Å². The van der Waals surface area contributed by atoms with Gasteiger partial charge in [0.05, 0.1) is 12.3 Å². The van der Waals surface area contributed by atoms with Crippen LogP contribution in [0.25, 0.3) is 0 Å². The smallest absolute Gasteiger partial charge is 0.174 e. The van der Waals surface area contributed by atoms with Gasteiger partial charge in [0.1, 0.15) is 12.4 Å². The number of nitrogens with one attached hydrogen (secondary N) is 1. The molecule has 1 heterocycles. The molecule has 0 aliphatic rings. The Morgan fingerprint density at radius 3 is 2.70 bits per heavy atom. The molecule has 0 fully saturated rings. The number of aromatic nitrogens is 1. The van der Waals surface area contributed by atoms with Gasteiger partial charge in [-0.25, -0.2) is 0 Å². The van der Waals surface area contributed by atoms with Gasteiger partial charge in [-0.3, -0.25) is 0 Å². The van der Waals surface area contributed by atoms with E-state index in [-0.39, 0.29) is 0 Å². The quantitative estimate of drug-likeness (QED) is 0.750. The van der Waals surface area contributed by atoms with Crippen molar-refractivity contribution in [3.8, 4) is 5.75 Å². The Hall–Kier alpha value is -1.85. The summed E-state index contributed by atoms with van der Waals surface area (Å²) in [5.41, 5.74) is 2.07. The van der Waals surface area contributed by atoms with Crippen LogP contribution in [0.1, 0.15) is 17.0 Å².